The summed E-state index contributed by atoms with van der Waals surface area (Å²) in [5.41, 5.74) is 7.33. The van der Waals surface area contributed by atoms with Crippen LogP contribution < -0.4 is 5.73 Å². The molecule has 2 nitrogen and oxygen atoms in total. The topological polar surface area (TPSA) is 46.2 Å². The standard InChI is InChI=1S/C10H12FNO.ClH/c11-10-5-8(13)4-6-3-7(12)1-2-9(6)10;/h4-5,7,13H,1-3,12H2;1H/t7-;/m1./s1. The van der Waals surface area contributed by atoms with Gasteiger partial charge in [0.25, 0.3) is 0 Å². The molecule has 14 heavy (non-hydrogen) atoms. The quantitative estimate of drug-likeness (QED) is 0.696. The molecule has 1 aromatic rings. The van der Waals surface area contributed by atoms with Crippen molar-refractivity contribution in [2.45, 2.75) is 25.3 Å². The van der Waals surface area contributed by atoms with Crippen molar-refractivity contribution < 1.29 is 9.50 Å². The highest BCUT2D eigenvalue weighted by molar-refractivity contribution is 5.85. The van der Waals surface area contributed by atoms with E-state index in [0.717, 1.165) is 23.6 Å². The molecule has 0 saturated carbocycles. The van der Waals surface area contributed by atoms with Crippen LogP contribution in [-0.2, 0) is 12.8 Å². The van der Waals surface area contributed by atoms with E-state index in [-0.39, 0.29) is 30.0 Å². The average Bonchev–Trinajstić information content (AvgIpc) is 2.02. The lowest BCUT2D eigenvalue weighted by Crippen LogP contribution is -2.28. The van der Waals surface area contributed by atoms with Crippen molar-refractivity contribution in [3.8, 4) is 5.75 Å². The molecule has 0 heterocycles. The number of hydrogen-bond donors (Lipinski definition) is 2. The number of benzene rings is 1. The van der Waals surface area contributed by atoms with Crippen LogP contribution in [0.25, 0.3) is 0 Å². The van der Waals surface area contributed by atoms with E-state index in [1.54, 1.807) is 6.07 Å². The highest BCUT2D eigenvalue weighted by Gasteiger charge is 2.19. The van der Waals surface area contributed by atoms with Gasteiger partial charge in [0.15, 0.2) is 0 Å². The minimum absolute atomic E-state index is 0. The second-order valence-electron chi connectivity index (χ2n) is 3.57. The number of fused-ring (bicyclic) bond motifs is 1. The molecule has 78 valence electrons. The Balaban J connectivity index is 0.000000980. The molecular weight excluding hydrogens is 205 g/mol. The second-order valence-corrected chi connectivity index (χ2v) is 3.57. The zero-order valence-corrected chi connectivity index (χ0v) is 8.48. The molecule has 4 heteroatoms. The van der Waals surface area contributed by atoms with Crippen LogP contribution in [0.4, 0.5) is 4.39 Å². The van der Waals surface area contributed by atoms with Crippen molar-refractivity contribution in [2.75, 3.05) is 0 Å². The number of nitrogens with two attached hydrogens (primary N) is 1. The summed E-state index contributed by atoms with van der Waals surface area (Å²) in [4.78, 5) is 0. The molecular formula is C10H13ClFNO. The molecule has 2 rings (SSSR count). The van der Waals surface area contributed by atoms with Crippen LogP contribution in [0.5, 0.6) is 5.75 Å². The van der Waals surface area contributed by atoms with Gasteiger partial charge in [0, 0.05) is 12.1 Å². The summed E-state index contributed by atoms with van der Waals surface area (Å²) in [7, 11) is 0. The van der Waals surface area contributed by atoms with Crippen molar-refractivity contribution in [3.63, 3.8) is 0 Å². The molecule has 0 bridgehead atoms. The maximum Gasteiger partial charge on any atom is 0.130 e. The summed E-state index contributed by atoms with van der Waals surface area (Å²) in [6.07, 6.45) is 2.18. The molecule has 1 aliphatic carbocycles. The first-order valence-electron chi connectivity index (χ1n) is 4.42. The third-order valence-electron chi connectivity index (χ3n) is 2.52. The Hall–Kier alpha value is -0.800. The van der Waals surface area contributed by atoms with Crippen LogP contribution in [0.2, 0.25) is 0 Å². The van der Waals surface area contributed by atoms with Gasteiger partial charge < -0.3 is 10.8 Å². The van der Waals surface area contributed by atoms with E-state index in [9.17, 15) is 9.50 Å². The van der Waals surface area contributed by atoms with Gasteiger partial charge in [-0.2, -0.15) is 0 Å². The number of rotatable bonds is 0. The maximum atomic E-state index is 13.3. The van der Waals surface area contributed by atoms with Gasteiger partial charge in [-0.05, 0) is 36.5 Å². The van der Waals surface area contributed by atoms with E-state index in [4.69, 9.17) is 5.73 Å². The van der Waals surface area contributed by atoms with Crippen molar-refractivity contribution in [3.05, 3.63) is 29.1 Å². The average molecular weight is 218 g/mol. The minimum Gasteiger partial charge on any atom is -0.508 e. The van der Waals surface area contributed by atoms with E-state index in [2.05, 4.69) is 0 Å². The molecule has 0 amide bonds. The minimum atomic E-state index is -0.304. The summed E-state index contributed by atoms with van der Waals surface area (Å²) >= 11 is 0. The first-order chi connectivity index (χ1) is 6.16. The zero-order chi connectivity index (χ0) is 9.42. The Morgan fingerprint density at radius 1 is 1.43 bits per heavy atom. The predicted octanol–water partition coefficient (Wildman–Crippen LogP) is 1.77. The van der Waals surface area contributed by atoms with Gasteiger partial charge in [-0.25, -0.2) is 4.39 Å². The molecule has 1 atom stereocenters. The Kier molecular flexibility index (Phi) is 3.34. The van der Waals surface area contributed by atoms with E-state index in [1.807, 2.05) is 0 Å². The van der Waals surface area contributed by atoms with Crippen molar-refractivity contribution >= 4 is 12.4 Å². The van der Waals surface area contributed by atoms with E-state index in [0.29, 0.717) is 12.8 Å². The Morgan fingerprint density at radius 3 is 2.86 bits per heavy atom. The van der Waals surface area contributed by atoms with Crippen LogP contribution in [-0.4, -0.2) is 11.1 Å². The smallest absolute Gasteiger partial charge is 0.130 e. The summed E-state index contributed by atoms with van der Waals surface area (Å²) in [5.74, 6) is -0.313. The fourth-order valence-electron chi connectivity index (χ4n) is 1.85. The molecule has 0 aromatic heterocycles. The molecule has 3 N–H and O–H groups in total. The first-order valence-corrected chi connectivity index (χ1v) is 4.42. The van der Waals surface area contributed by atoms with Crippen molar-refractivity contribution in [1.82, 2.24) is 0 Å². The molecule has 0 aliphatic heterocycles. The van der Waals surface area contributed by atoms with Gasteiger partial charge in [-0.15, -0.1) is 12.4 Å². The molecule has 1 aromatic carbocycles. The van der Waals surface area contributed by atoms with Gasteiger partial charge in [0.2, 0.25) is 0 Å². The SMILES string of the molecule is Cl.N[C@@H]1CCc2c(F)cc(O)cc2C1. The Labute approximate surface area is 88.3 Å². The van der Waals surface area contributed by atoms with E-state index in [1.165, 1.54) is 0 Å². The summed E-state index contributed by atoms with van der Waals surface area (Å²) < 4.78 is 13.3. The second kappa shape index (κ2) is 4.15. The highest BCUT2D eigenvalue weighted by Crippen LogP contribution is 2.27. The Bertz CT molecular complexity index is 343. The molecule has 0 spiro atoms. The fraction of sp³-hybridized carbons (Fsp3) is 0.400. The monoisotopic (exact) mass is 217 g/mol. The molecule has 0 unspecified atom stereocenters. The van der Waals surface area contributed by atoms with E-state index >= 15 is 0 Å². The number of phenolic OH excluding ortho intramolecular Hbond substituents is 1. The molecule has 0 fully saturated rings. The zero-order valence-electron chi connectivity index (χ0n) is 7.66. The normalized spacial score (nSPS) is 19.7. The number of aromatic hydroxyl groups is 1. The van der Waals surface area contributed by atoms with Gasteiger partial charge in [0.1, 0.15) is 11.6 Å². The summed E-state index contributed by atoms with van der Waals surface area (Å²) in [6, 6.07) is 2.88. The fourth-order valence-corrected chi connectivity index (χ4v) is 1.85. The third kappa shape index (κ3) is 1.99. The van der Waals surface area contributed by atoms with Gasteiger partial charge >= 0.3 is 0 Å². The lowest BCUT2D eigenvalue weighted by Gasteiger charge is -2.21. The summed E-state index contributed by atoms with van der Waals surface area (Å²) in [5, 5.41) is 9.17. The van der Waals surface area contributed by atoms with Crippen molar-refractivity contribution in [1.29, 1.82) is 0 Å². The predicted molar refractivity (Wildman–Crippen MR) is 55.3 cm³/mol. The van der Waals surface area contributed by atoms with Crippen LogP contribution in [0.15, 0.2) is 12.1 Å². The molecule has 0 radical (unpaired) electrons. The molecule has 1 aliphatic rings. The van der Waals surface area contributed by atoms with E-state index < -0.39 is 0 Å². The highest BCUT2D eigenvalue weighted by atomic mass is 35.5. The number of halogens is 2. The number of hydrogen-bond acceptors (Lipinski definition) is 2. The maximum absolute atomic E-state index is 13.3. The molecule has 0 saturated heterocycles. The number of phenols is 1. The van der Waals surface area contributed by atoms with Crippen LogP contribution >= 0.6 is 12.4 Å². The van der Waals surface area contributed by atoms with Gasteiger partial charge in [0.05, 0.1) is 0 Å². The lowest BCUT2D eigenvalue weighted by molar-refractivity contribution is 0.461. The lowest BCUT2D eigenvalue weighted by atomic mass is 9.88. The van der Waals surface area contributed by atoms with Crippen LogP contribution in [0.1, 0.15) is 17.5 Å². The van der Waals surface area contributed by atoms with Crippen molar-refractivity contribution in [2.24, 2.45) is 5.73 Å². The Morgan fingerprint density at radius 2 is 2.14 bits per heavy atom. The van der Waals surface area contributed by atoms with Crippen LogP contribution in [0.3, 0.4) is 0 Å². The summed E-state index contributed by atoms with van der Waals surface area (Å²) in [6.45, 7) is 0. The third-order valence-corrected chi connectivity index (χ3v) is 2.52. The largest absolute Gasteiger partial charge is 0.508 e. The van der Waals surface area contributed by atoms with Gasteiger partial charge in [-0.1, -0.05) is 0 Å². The van der Waals surface area contributed by atoms with Crippen LogP contribution in [0, 0.1) is 5.82 Å². The van der Waals surface area contributed by atoms with Gasteiger partial charge in [-0.3, -0.25) is 0 Å². The first kappa shape index (κ1) is 11.3.